The van der Waals surface area contributed by atoms with E-state index in [0.29, 0.717) is 0 Å². The van der Waals surface area contributed by atoms with Crippen LogP contribution in [0.2, 0.25) is 0 Å². The molecule has 0 atom stereocenters. The summed E-state index contributed by atoms with van der Waals surface area (Å²) in [5, 5.41) is 0. The van der Waals surface area contributed by atoms with E-state index in [9.17, 15) is 4.79 Å². The number of carbonyl (C=O) groups is 1. The maximum atomic E-state index is 9.44. The topological polar surface area (TPSA) is 17.1 Å². The first-order chi connectivity index (χ1) is 4.66. The molecule has 60 valence electrons. The Bertz CT molecular complexity index is 86.1. The van der Waals surface area contributed by atoms with Crippen molar-refractivity contribution in [1.82, 2.24) is 0 Å². The molecule has 0 radical (unpaired) electrons. The van der Waals surface area contributed by atoms with Gasteiger partial charge in [-0.25, -0.2) is 0 Å². The van der Waals surface area contributed by atoms with E-state index in [1.807, 2.05) is 0 Å². The van der Waals surface area contributed by atoms with E-state index < -0.39 is 0 Å². The van der Waals surface area contributed by atoms with Crippen molar-refractivity contribution in [2.45, 2.75) is 46.5 Å². The fraction of sp³-hybridized carbons (Fsp3) is 0.889. The van der Waals surface area contributed by atoms with Gasteiger partial charge >= 0.3 is 0 Å². The van der Waals surface area contributed by atoms with Crippen molar-refractivity contribution in [3.05, 3.63) is 0 Å². The molecule has 10 heavy (non-hydrogen) atoms. The number of hydrogen-bond donors (Lipinski definition) is 0. The van der Waals surface area contributed by atoms with Crippen LogP contribution in [0.5, 0.6) is 0 Å². The molecule has 0 bridgehead atoms. The molecular weight excluding hydrogens is 124 g/mol. The van der Waals surface area contributed by atoms with Crippen LogP contribution in [-0.4, -0.2) is 5.78 Å². The van der Waals surface area contributed by atoms with Gasteiger partial charge in [0.2, 0.25) is 0 Å². The van der Waals surface area contributed by atoms with Crippen LogP contribution in [-0.2, 0) is 4.79 Å². The highest BCUT2D eigenvalue weighted by molar-refractivity contribution is 5.72. The van der Waals surface area contributed by atoms with Crippen LogP contribution < -0.4 is 0 Å². The summed E-state index contributed by atoms with van der Waals surface area (Å²) in [5.41, 5.74) is 0. The summed E-state index contributed by atoms with van der Waals surface area (Å²) in [6, 6.07) is 0. The van der Waals surface area contributed by atoms with Crippen LogP contribution in [0.3, 0.4) is 0 Å². The van der Waals surface area contributed by atoms with Gasteiger partial charge in [0, 0.05) is 0 Å². The smallest absolute Gasteiger partial charge is 0.126 e. The van der Waals surface area contributed by atoms with Gasteiger partial charge in [-0.2, -0.15) is 0 Å². The van der Waals surface area contributed by atoms with Gasteiger partial charge in [0.15, 0.2) is 0 Å². The Labute approximate surface area is 63.8 Å². The van der Waals surface area contributed by atoms with E-state index >= 15 is 0 Å². The molecule has 0 aromatic carbocycles. The quantitative estimate of drug-likeness (QED) is 0.550. The van der Waals surface area contributed by atoms with E-state index in [0.717, 1.165) is 5.92 Å². The summed E-state index contributed by atoms with van der Waals surface area (Å²) < 4.78 is 0. The summed E-state index contributed by atoms with van der Waals surface area (Å²) in [6.45, 7) is 5.34. The maximum Gasteiger partial charge on any atom is 0.126 e. The molecule has 1 aliphatic carbocycles. The van der Waals surface area contributed by atoms with Crippen LogP contribution in [0.4, 0.5) is 0 Å². The van der Waals surface area contributed by atoms with Crippen LogP contribution in [0.25, 0.3) is 0 Å². The second-order valence-corrected chi connectivity index (χ2v) is 3.11. The SMILES string of the molecule is CC(C)=O.CCC1CCC1. The van der Waals surface area contributed by atoms with Crippen molar-refractivity contribution in [3.8, 4) is 0 Å². The summed E-state index contributed by atoms with van der Waals surface area (Å²) >= 11 is 0. The summed E-state index contributed by atoms with van der Waals surface area (Å²) in [5.74, 6) is 1.28. The van der Waals surface area contributed by atoms with E-state index in [-0.39, 0.29) is 5.78 Å². The van der Waals surface area contributed by atoms with E-state index in [1.54, 1.807) is 0 Å². The minimum Gasteiger partial charge on any atom is -0.300 e. The highest BCUT2D eigenvalue weighted by Gasteiger charge is 2.13. The average molecular weight is 142 g/mol. The first-order valence-corrected chi connectivity index (χ1v) is 4.14. The van der Waals surface area contributed by atoms with Crippen molar-refractivity contribution in [2.75, 3.05) is 0 Å². The molecule has 0 N–H and O–H groups in total. The zero-order chi connectivity index (χ0) is 7.98. The normalized spacial score (nSPS) is 16.7. The number of hydrogen-bond acceptors (Lipinski definition) is 1. The predicted molar refractivity (Wildman–Crippen MR) is 44.0 cm³/mol. The van der Waals surface area contributed by atoms with Gasteiger partial charge in [0.05, 0.1) is 0 Å². The molecule has 0 aromatic heterocycles. The number of rotatable bonds is 1. The molecule has 0 saturated heterocycles. The average Bonchev–Trinajstić information content (AvgIpc) is 1.59. The first kappa shape index (κ1) is 9.67. The lowest BCUT2D eigenvalue weighted by Gasteiger charge is -2.22. The fourth-order valence-electron chi connectivity index (χ4n) is 0.901. The molecule has 1 heteroatoms. The third-order valence-corrected chi connectivity index (χ3v) is 1.80. The zero-order valence-corrected chi connectivity index (χ0v) is 7.31. The van der Waals surface area contributed by atoms with Crippen LogP contribution in [0, 0.1) is 5.92 Å². The number of Topliss-reactive ketones (excluding diaryl/α,β-unsaturated/α-hetero) is 1. The molecule has 0 aromatic rings. The predicted octanol–water partition coefficient (Wildman–Crippen LogP) is 2.79. The Kier molecular flexibility index (Phi) is 5.27. The lowest BCUT2D eigenvalue weighted by Crippen LogP contribution is -2.08. The van der Waals surface area contributed by atoms with Crippen LogP contribution in [0.1, 0.15) is 46.5 Å². The van der Waals surface area contributed by atoms with Gasteiger partial charge < -0.3 is 4.79 Å². The molecule has 0 amide bonds. The fourth-order valence-corrected chi connectivity index (χ4v) is 0.901. The maximum absolute atomic E-state index is 9.44. The molecule has 0 aliphatic heterocycles. The standard InChI is InChI=1S/C6H12.C3H6O/c1-2-6-4-3-5-6;1-3(2)4/h6H,2-5H2,1H3;1-2H3. The lowest BCUT2D eigenvalue weighted by molar-refractivity contribution is -0.114. The largest absolute Gasteiger partial charge is 0.300 e. The minimum absolute atomic E-state index is 0.167. The molecule has 1 aliphatic rings. The first-order valence-electron chi connectivity index (χ1n) is 4.14. The number of carbonyl (C=O) groups excluding carboxylic acids is 1. The Morgan fingerprint density at radius 1 is 1.40 bits per heavy atom. The highest BCUT2D eigenvalue weighted by atomic mass is 16.1. The molecule has 1 rings (SSSR count). The van der Waals surface area contributed by atoms with Gasteiger partial charge in [0.25, 0.3) is 0 Å². The van der Waals surface area contributed by atoms with Gasteiger partial charge in [-0.15, -0.1) is 0 Å². The molecule has 1 nitrogen and oxygen atoms in total. The lowest BCUT2D eigenvalue weighted by atomic mass is 9.84. The van der Waals surface area contributed by atoms with E-state index in [1.165, 1.54) is 39.5 Å². The Morgan fingerprint density at radius 2 is 1.80 bits per heavy atom. The number of ketones is 1. The Morgan fingerprint density at radius 3 is 1.80 bits per heavy atom. The van der Waals surface area contributed by atoms with Crippen molar-refractivity contribution in [2.24, 2.45) is 5.92 Å². The third kappa shape index (κ3) is 5.80. The van der Waals surface area contributed by atoms with Crippen molar-refractivity contribution in [3.63, 3.8) is 0 Å². The van der Waals surface area contributed by atoms with Crippen molar-refractivity contribution in [1.29, 1.82) is 0 Å². The molecule has 0 heterocycles. The van der Waals surface area contributed by atoms with Crippen molar-refractivity contribution >= 4 is 5.78 Å². The Hall–Kier alpha value is -0.330. The molecule has 1 fully saturated rings. The van der Waals surface area contributed by atoms with Gasteiger partial charge in [-0.1, -0.05) is 32.6 Å². The summed E-state index contributed by atoms with van der Waals surface area (Å²) in [4.78, 5) is 9.44. The van der Waals surface area contributed by atoms with Crippen LogP contribution in [0.15, 0.2) is 0 Å². The summed E-state index contributed by atoms with van der Waals surface area (Å²) in [7, 11) is 0. The Balaban J connectivity index is 0.000000180. The minimum atomic E-state index is 0.167. The molecule has 0 spiro atoms. The second kappa shape index (κ2) is 5.45. The van der Waals surface area contributed by atoms with Gasteiger partial charge in [-0.3, -0.25) is 0 Å². The van der Waals surface area contributed by atoms with E-state index in [4.69, 9.17) is 0 Å². The highest BCUT2D eigenvalue weighted by Crippen LogP contribution is 2.28. The second-order valence-electron chi connectivity index (χ2n) is 3.11. The van der Waals surface area contributed by atoms with Gasteiger partial charge in [0.1, 0.15) is 5.78 Å². The summed E-state index contributed by atoms with van der Waals surface area (Å²) in [6.07, 6.45) is 5.94. The zero-order valence-electron chi connectivity index (χ0n) is 7.31. The van der Waals surface area contributed by atoms with E-state index in [2.05, 4.69) is 6.92 Å². The third-order valence-electron chi connectivity index (χ3n) is 1.80. The monoisotopic (exact) mass is 142 g/mol. The van der Waals surface area contributed by atoms with Gasteiger partial charge in [-0.05, 0) is 19.8 Å². The van der Waals surface area contributed by atoms with Crippen molar-refractivity contribution < 1.29 is 4.79 Å². The van der Waals surface area contributed by atoms with Crippen LogP contribution >= 0.6 is 0 Å². The molecule has 0 unspecified atom stereocenters. The molecular formula is C9H18O. The molecule has 1 saturated carbocycles.